The average Bonchev–Trinajstić information content (AvgIpc) is 3.24. The van der Waals surface area contributed by atoms with Gasteiger partial charge in [-0.1, -0.05) is 20.8 Å². The van der Waals surface area contributed by atoms with E-state index >= 15 is 0 Å². The zero-order chi connectivity index (χ0) is 22.8. The SMILES string of the molecule is CCCOC(=O)/C(F)=C\[C@@H]1[C@H](C(=O)OCc2c(F)c(F)c(CO)c(F)c2F)C1(C)C. The molecule has 166 valence electrons. The van der Waals surface area contributed by atoms with Gasteiger partial charge in [-0.2, -0.15) is 4.39 Å². The van der Waals surface area contributed by atoms with Crippen molar-refractivity contribution in [2.45, 2.75) is 40.4 Å². The lowest BCUT2D eigenvalue weighted by Gasteiger charge is -2.11. The molecule has 2 atom stereocenters. The topological polar surface area (TPSA) is 72.8 Å². The molecule has 0 spiro atoms. The molecule has 10 heteroatoms. The van der Waals surface area contributed by atoms with Gasteiger partial charge in [-0.15, -0.1) is 0 Å². The molecule has 0 unspecified atom stereocenters. The molecule has 1 aromatic rings. The zero-order valence-corrected chi connectivity index (χ0v) is 16.5. The van der Waals surface area contributed by atoms with Crippen LogP contribution in [0.5, 0.6) is 0 Å². The maximum Gasteiger partial charge on any atom is 0.366 e. The monoisotopic (exact) mass is 436 g/mol. The van der Waals surface area contributed by atoms with Crippen molar-refractivity contribution in [1.29, 1.82) is 0 Å². The minimum absolute atomic E-state index is 0.0267. The summed E-state index contributed by atoms with van der Waals surface area (Å²) >= 11 is 0. The highest BCUT2D eigenvalue weighted by molar-refractivity contribution is 5.86. The molecule has 0 bridgehead atoms. The van der Waals surface area contributed by atoms with E-state index in [9.17, 15) is 31.5 Å². The number of aliphatic hydroxyl groups is 1. The first-order valence-corrected chi connectivity index (χ1v) is 9.14. The Morgan fingerprint density at radius 3 is 2.07 bits per heavy atom. The molecule has 1 aromatic carbocycles. The van der Waals surface area contributed by atoms with Gasteiger partial charge in [0.05, 0.1) is 30.3 Å². The van der Waals surface area contributed by atoms with Crippen molar-refractivity contribution in [3.05, 3.63) is 46.3 Å². The highest BCUT2D eigenvalue weighted by atomic mass is 19.2. The van der Waals surface area contributed by atoms with Gasteiger partial charge in [-0.3, -0.25) is 4.79 Å². The molecule has 0 radical (unpaired) electrons. The second kappa shape index (κ2) is 9.11. The number of benzene rings is 1. The van der Waals surface area contributed by atoms with Crippen molar-refractivity contribution < 1.29 is 46.1 Å². The summed E-state index contributed by atoms with van der Waals surface area (Å²) in [6.45, 7) is 2.55. The standard InChI is InChI=1S/C20H21F5O5/c1-4-5-29-18(27)12(21)6-11-13(20(11,2)3)19(28)30-8-10-16(24)14(22)9(7-26)15(23)17(10)25/h6,11,13,26H,4-5,7-8H2,1-3H3/b12-6+/t11-,13-/m1/s1. The van der Waals surface area contributed by atoms with E-state index in [0.29, 0.717) is 6.42 Å². The summed E-state index contributed by atoms with van der Waals surface area (Å²) < 4.78 is 78.7. The second-order valence-electron chi connectivity index (χ2n) is 7.45. The molecular formula is C20H21F5O5. The highest BCUT2D eigenvalue weighted by Crippen LogP contribution is 2.60. The third-order valence-electron chi connectivity index (χ3n) is 5.08. The molecule has 0 aromatic heterocycles. The van der Waals surface area contributed by atoms with Crippen LogP contribution in [0.2, 0.25) is 0 Å². The summed E-state index contributed by atoms with van der Waals surface area (Å²) in [5.74, 6) is -12.2. The van der Waals surface area contributed by atoms with Crippen LogP contribution in [0.15, 0.2) is 11.9 Å². The van der Waals surface area contributed by atoms with Crippen LogP contribution in [-0.2, 0) is 32.3 Å². The van der Waals surface area contributed by atoms with E-state index < -0.39 is 82.6 Å². The molecule has 0 heterocycles. The quantitative estimate of drug-likeness (QED) is 0.290. The predicted octanol–water partition coefficient (Wildman–Crippen LogP) is 3.86. The van der Waals surface area contributed by atoms with Gasteiger partial charge in [0.25, 0.3) is 0 Å². The molecule has 0 saturated heterocycles. The number of carbonyl (C=O) groups is 2. The van der Waals surface area contributed by atoms with Crippen molar-refractivity contribution >= 4 is 11.9 Å². The average molecular weight is 436 g/mol. The van der Waals surface area contributed by atoms with Crippen LogP contribution < -0.4 is 0 Å². The smallest absolute Gasteiger partial charge is 0.366 e. The lowest BCUT2D eigenvalue weighted by molar-refractivity contribution is -0.147. The normalized spacial score (nSPS) is 20.1. The Morgan fingerprint density at radius 2 is 1.57 bits per heavy atom. The Kier molecular flexibility index (Phi) is 7.23. The maximum absolute atomic E-state index is 14.0. The summed E-state index contributed by atoms with van der Waals surface area (Å²) in [6.07, 6.45) is 1.41. The van der Waals surface area contributed by atoms with Crippen LogP contribution in [0.3, 0.4) is 0 Å². The van der Waals surface area contributed by atoms with Crippen molar-refractivity contribution in [1.82, 2.24) is 0 Å². The van der Waals surface area contributed by atoms with Crippen LogP contribution in [0.25, 0.3) is 0 Å². The number of aliphatic hydroxyl groups excluding tert-OH is 1. The third kappa shape index (κ3) is 4.48. The lowest BCUT2D eigenvalue weighted by atomic mass is 10.1. The maximum atomic E-state index is 14.0. The van der Waals surface area contributed by atoms with E-state index in [1.165, 1.54) is 0 Å². The van der Waals surface area contributed by atoms with E-state index in [0.717, 1.165) is 6.08 Å². The van der Waals surface area contributed by atoms with Crippen LogP contribution in [0.4, 0.5) is 22.0 Å². The van der Waals surface area contributed by atoms with E-state index in [-0.39, 0.29) is 6.61 Å². The van der Waals surface area contributed by atoms with Gasteiger partial charge >= 0.3 is 11.9 Å². The van der Waals surface area contributed by atoms with Crippen molar-refractivity contribution in [3.63, 3.8) is 0 Å². The summed E-state index contributed by atoms with van der Waals surface area (Å²) in [5.41, 5.74) is -3.16. The number of rotatable bonds is 8. The zero-order valence-electron chi connectivity index (χ0n) is 16.5. The largest absolute Gasteiger partial charge is 0.460 e. The summed E-state index contributed by atoms with van der Waals surface area (Å²) in [4.78, 5) is 23.8. The number of allylic oxidation sites excluding steroid dienone is 1. The number of esters is 2. The third-order valence-corrected chi connectivity index (χ3v) is 5.08. The van der Waals surface area contributed by atoms with E-state index in [4.69, 9.17) is 9.84 Å². The molecule has 5 nitrogen and oxygen atoms in total. The first-order valence-electron chi connectivity index (χ1n) is 9.14. The van der Waals surface area contributed by atoms with Gasteiger partial charge < -0.3 is 14.6 Å². The van der Waals surface area contributed by atoms with E-state index in [1.807, 2.05) is 0 Å². The molecule has 1 aliphatic carbocycles. The first-order chi connectivity index (χ1) is 14.0. The molecule has 1 aliphatic rings. The molecule has 30 heavy (non-hydrogen) atoms. The molecular weight excluding hydrogens is 415 g/mol. The number of hydrogen-bond acceptors (Lipinski definition) is 5. The predicted molar refractivity (Wildman–Crippen MR) is 93.2 cm³/mol. The molecule has 1 saturated carbocycles. The van der Waals surface area contributed by atoms with Crippen LogP contribution in [-0.4, -0.2) is 23.7 Å². The Hall–Kier alpha value is -2.49. The summed E-state index contributed by atoms with van der Waals surface area (Å²) in [6, 6.07) is 0. The number of hydrogen-bond donors (Lipinski definition) is 1. The lowest BCUT2D eigenvalue weighted by Crippen LogP contribution is -2.15. The van der Waals surface area contributed by atoms with Gasteiger partial charge in [-0.05, 0) is 23.8 Å². The second-order valence-corrected chi connectivity index (χ2v) is 7.45. The minimum atomic E-state index is -1.79. The Labute approximate surface area is 169 Å². The van der Waals surface area contributed by atoms with Gasteiger partial charge in [0, 0.05) is 0 Å². The fourth-order valence-electron chi connectivity index (χ4n) is 3.15. The molecule has 2 rings (SSSR count). The van der Waals surface area contributed by atoms with Crippen molar-refractivity contribution in [3.8, 4) is 0 Å². The Balaban J connectivity index is 2.12. The van der Waals surface area contributed by atoms with Crippen molar-refractivity contribution in [2.24, 2.45) is 17.3 Å². The minimum Gasteiger partial charge on any atom is -0.460 e. The fourth-order valence-corrected chi connectivity index (χ4v) is 3.15. The van der Waals surface area contributed by atoms with Gasteiger partial charge in [0.2, 0.25) is 5.83 Å². The molecule has 0 amide bonds. The Morgan fingerprint density at radius 1 is 1.03 bits per heavy atom. The number of carbonyl (C=O) groups excluding carboxylic acids is 2. The first kappa shape index (κ1) is 23.8. The van der Waals surface area contributed by atoms with Crippen LogP contribution in [0, 0.1) is 40.5 Å². The molecule has 0 aliphatic heterocycles. The summed E-state index contributed by atoms with van der Waals surface area (Å²) in [7, 11) is 0. The van der Waals surface area contributed by atoms with E-state index in [1.54, 1.807) is 20.8 Å². The van der Waals surface area contributed by atoms with Gasteiger partial charge in [-0.25, -0.2) is 22.4 Å². The van der Waals surface area contributed by atoms with Gasteiger partial charge in [0.1, 0.15) is 6.61 Å². The van der Waals surface area contributed by atoms with Gasteiger partial charge in [0.15, 0.2) is 23.3 Å². The molecule has 1 N–H and O–H groups in total. The number of halogens is 5. The van der Waals surface area contributed by atoms with Crippen LogP contribution >= 0.6 is 0 Å². The highest BCUT2D eigenvalue weighted by Gasteiger charge is 2.62. The Bertz CT molecular complexity index is 852. The molecule has 1 fully saturated rings. The van der Waals surface area contributed by atoms with Crippen LogP contribution in [0.1, 0.15) is 38.3 Å². The fraction of sp³-hybridized carbons (Fsp3) is 0.500. The van der Waals surface area contributed by atoms with E-state index in [2.05, 4.69) is 4.74 Å². The summed E-state index contributed by atoms with van der Waals surface area (Å²) in [5, 5.41) is 8.82. The van der Waals surface area contributed by atoms with Crippen molar-refractivity contribution in [2.75, 3.05) is 6.61 Å². The number of ether oxygens (including phenoxy) is 2.